The van der Waals surface area contributed by atoms with E-state index in [2.05, 4.69) is 25.9 Å². The lowest BCUT2D eigenvalue weighted by Gasteiger charge is -2.24. The molecule has 0 saturated carbocycles. The van der Waals surface area contributed by atoms with Crippen LogP contribution in [0.2, 0.25) is 0 Å². The predicted molar refractivity (Wildman–Crippen MR) is 98.5 cm³/mol. The van der Waals surface area contributed by atoms with E-state index in [9.17, 15) is 9.59 Å². The fraction of sp³-hybridized carbons (Fsp3) is 0.737. The maximum Gasteiger partial charge on any atom is 0.305 e. The van der Waals surface area contributed by atoms with Crippen LogP contribution < -0.4 is 0 Å². The molecule has 0 saturated heterocycles. The van der Waals surface area contributed by atoms with Crippen LogP contribution in [-0.4, -0.2) is 44.8 Å². The van der Waals surface area contributed by atoms with Crippen molar-refractivity contribution in [3.8, 4) is 0 Å². The highest BCUT2D eigenvalue weighted by molar-refractivity contribution is 5.77. The number of carbonyl (C=O) groups excluding carboxylic acids is 1. The second-order valence-corrected chi connectivity index (χ2v) is 7.60. The minimum Gasteiger partial charge on any atom is -0.481 e. The quantitative estimate of drug-likeness (QED) is 0.703. The van der Waals surface area contributed by atoms with Gasteiger partial charge in [0.1, 0.15) is 0 Å². The van der Waals surface area contributed by atoms with Crippen molar-refractivity contribution >= 4 is 11.9 Å². The van der Waals surface area contributed by atoms with Crippen LogP contribution in [0, 0.1) is 25.7 Å². The van der Waals surface area contributed by atoms with Gasteiger partial charge in [0.05, 0.1) is 12.1 Å². The van der Waals surface area contributed by atoms with Crippen molar-refractivity contribution in [1.29, 1.82) is 0 Å². The smallest absolute Gasteiger partial charge is 0.305 e. The number of aliphatic carboxylic acids is 1. The summed E-state index contributed by atoms with van der Waals surface area (Å²) in [6.07, 6.45) is 1.03. The van der Waals surface area contributed by atoms with Crippen LogP contribution in [0.25, 0.3) is 0 Å². The lowest BCUT2D eigenvalue weighted by atomic mass is 10.1. The number of nitrogens with zero attached hydrogens (tertiary/aromatic N) is 3. The number of hydrogen-bond donors (Lipinski definition) is 1. The van der Waals surface area contributed by atoms with Crippen LogP contribution in [0.15, 0.2) is 0 Å². The molecule has 1 aromatic rings. The summed E-state index contributed by atoms with van der Waals surface area (Å²) in [5.74, 6) is -0.0198. The molecule has 0 aliphatic carbocycles. The molecule has 0 aliphatic heterocycles. The monoisotopic (exact) mass is 351 g/mol. The molecule has 1 heterocycles. The Labute approximate surface area is 151 Å². The van der Waals surface area contributed by atoms with Crippen LogP contribution in [0.3, 0.4) is 0 Å². The second kappa shape index (κ2) is 9.59. The van der Waals surface area contributed by atoms with Gasteiger partial charge in [0.15, 0.2) is 0 Å². The van der Waals surface area contributed by atoms with E-state index in [1.807, 2.05) is 25.5 Å². The third-order valence-electron chi connectivity index (χ3n) is 4.19. The summed E-state index contributed by atoms with van der Waals surface area (Å²) >= 11 is 0. The minimum absolute atomic E-state index is 0.0111. The molecule has 0 spiro atoms. The summed E-state index contributed by atoms with van der Waals surface area (Å²) in [4.78, 5) is 25.1. The van der Waals surface area contributed by atoms with Gasteiger partial charge in [-0.05, 0) is 37.7 Å². The van der Waals surface area contributed by atoms with Gasteiger partial charge >= 0.3 is 5.97 Å². The molecule has 25 heavy (non-hydrogen) atoms. The number of rotatable bonds is 10. The SMILES string of the molecule is Cc1nn(CC(C)C)c(C)c1CCC(=O)N(CCC(=O)O)CC(C)C. The largest absolute Gasteiger partial charge is 0.481 e. The Morgan fingerprint density at radius 2 is 1.76 bits per heavy atom. The lowest BCUT2D eigenvalue weighted by molar-refractivity contribution is -0.138. The van der Waals surface area contributed by atoms with Crippen molar-refractivity contribution in [3.63, 3.8) is 0 Å². The van der Waals surface area contributed by atoms with Crippen LogP contribution in [0.1, 0.15) is 57.5 Å². The number of amides is 1. The highest BCUT2D eigenvalue weighted by Gasteiger charge is 2.18. The molecule has 0 aromatic carbocycles. The second-order valence-electron chi connectivity index (χ2n) is 7.60. The highest BCUT2D eigenvalue weighted by Crippen LogP contribution is 2.17. The first-order valence-corrected chi connectivity index (χ1v) is 9.14. The van der Waals surface area contributed by atoms with Crippen molar-refractivity contribution in [2.24, 2.45) is 11.8 Å². The summed E-state index contributed by atoms with van der Waals surface area (Å²) in [5, 5.41) is 13.5. The highest BCUT2D eigenvalue weighted by atomic mass is 16.4. The number of hydrogen-bond acceptors (Lipinski definition) is 3. The maximum atomic E-state index is 12.6. The third kappa shape index (κ3) is 6.88. The first-order valence-electron chi connectivity index (χ1n) is 9.14. The topological polar surface area (TPSA) is 75.4 Å². The summed E-state index contributed by atoms with van der Waals surface area (Å²) in [7, 11) is 0. The van der Waals surface area contributed by atoms with Crippen LogP contribution in [-0.2, 0) is 22.6 Å². The number of aryl methyl sites for hydroxylation is 1. The van der Waals surface area contributed by atoms with E-state index in [0.717, 1.165) is 23.5 Å². The minimum atomic E-state index is -0.872. The summed E-state index contributed by atoms with van der Waals surface area (Å²) in [6, 6.07) is 0. The summed E-state index contributed by atoms with van der Waals surface area (Å²) < 4.78 is 2.02. The van der Waals surface area contributed by atoms with Crippen molar-refractivity contribution in [1.82, 2.24) is 14.7 Å². The van der Waals surface area contributed by atoms with Crippen LogP contribution in [0.5, 0.6) is 0 Å². The Morgan fingerprint density at radius 1 is 1.12 bits per heavy atom. The van der Waals surface area contributed by atoms with Crippen LogP contribution >= 0.6 is 0 Å². The zero-order valence-electron chi connectivity index (χ0n) is 16.5. The first kappa shape index (κ1) is 21.2. The van der Waals surface area contributed by atoms with Gasteiger partial charge in [-0.3, -0.25) is 14.3 Å². The fourth-order valence-electron chi connectivity index (χ4n) is 3.00. The van der Waals surface area contributed by atoms with Crippen molar-refractivity contribution in [3.05, 3.63) is 17.0 Å². The molecule has 142 valence electrons. The average Bonchev–Trinajstić information content (AvgIpc) is 2.74. The van der Waals surface area contributed by atoms with E-state index in [-0.39, 0.29) is 18.9 Å². The van der Waals surface area contributed by atoms with Gasteiger partial charge in [-0.1, -0.05) is 27.7 Å². The van der Waals surface area contributed by atoms with E-state index >= 15 is 0 Å². The predicted octanol–water partition coefficient (Wildman–Crippen LogP) is 3.05. The van der Waals surface area contributed by atoms with Gasteiger partial charge in [-0.2, -0.15) is 5.10 Å². The van der Waals surface area contributed by atoms with Crippen molar-refractivity contribution in [2.45, 2.75) is 67.3 Å². The third-order valence-corrected chi connectivity index (χ3v) is 4.19. The van der Waals surface area contributed by atoms with Gasteiger partial charge in [0.25, 0.3) is 0 Å². The molecule has 0 fully saturated rings. The molecule has 1 amide bonds. The maximum absolute atomic E-state index is 12.6. The number of carboxylic acids is 1. The van der Waals surface area contributed by atoms with E-state index in [1.54, 1.807) is 4.90 Å². The first-order chi connectivity index (χ1) is 11.6. The van der Waals surface area contributed by atoms with Crippen molar-refractivity contribution < 1.29 is 14.7 Å². The molecule has 0 aliphatic rings. The Hall–Kier alpha value is -1.85. The zero-order valence-corrected chi connectivity index (χ0v) is 16.5. The molecule has 1 N–H and O–H groups in total. The molecular weight excluding hydrogens is 318 g/mol. The molecule has 0 atom stereocenters. The Morgan fingerprint density at radius 3 is 2.28 bits per heavy atom. The molecule has 0 unspecified atom stereocenters. The average molecular weight is 351 g/mol. The Balaban J connectivity index is 2.75. The molecule has 1 aromatic heterocycles. The lowest BCUT2D eigenvalue weighted by Crippen LogP contribution is -2.36. The van der Waals surface area contributed by atoms with Crippen molar-refractivity contribution in [2.75, 3.05) is 13.1 Å². The zero-order chi connectivity index (χ0) is 19.1. The van der Waals surface area contributed by atoms with Gasteiger partial charge in [-0.25, -0.2) is 0 Å². The van der Waals surface area contributed by atoms with Gasteiger partial charge in [-0.15, -0.1) is 0 Å². The number of carbonyl (C=O) groups is 2. The standard InChI is InChI=1S/C19H33N3O3/c1-13(2)11-21(10-9-19(24)25)18(23)8-7-17-15(5)20-22(16(17)6)12-14(3)4/h13-14H,7-12H2,1-6H3,(H,24,25). The fourth-order valence-corrected chi connectivity index (χ4v) is 3.00. The van der Waals surface area contributed by atoms with E-state index in [4.69, 9.17) is 5.11 Å². The molecule has 6 nitrogen and oxygen atoms in total. The number of aromatic nitrogens is 2. The molecule has 0 bridgehead atoms. The normalized spacial score (nSPS) is 11.4. The van der Waals surface area contributed by atoms with Gasteiger partial charge < -0.3 is 10.0 Å². The van der Waals surface area contributed by atoms with E-state index < -0.39 is 5.97 Å². The molecule has 0 radical (unpaired) electrons. The summed E-state index contributed by atoms with van der Waals surface area (Å²) in [5.41, 5.74) is 3.24. The van der Waals surface area contributed by atoms with Gasteiger partial charge in [0.2, 0.25) is 5.91 Å². The Kier molecular flexibility index (Phi) is 8.13. The van der Waals surface area contributed by atoms with E-state index in [1.165, 1.54) is 0 Å². The molecule has 1 rings (SSSR count). The molecule has 6 heteroatoms. The molecular formula is C19H33N3O3. The summed E-state index contributed by atoms with van der Waals surface area (Å²) in [6.45, 7) is 14.2. The van der Waals surface area contributed by atoms with Crippen LogP contribution in [0.4, 0.5) is 0 Å². The van der Waals surface area contributed by atoms with E-state index in [0.29, 0.717) is 31.2 Å². The Bertz CT molecular complexity index is 591. The number of carboxylic acid groups (broad SMARTS) is 1. The van der Waals surface area contributed by atoms with Gasteiger partial charge in [0, 0.05) is 31.7 Å².